The van der Waals surface area contributed by atoms with Gasteiger partial charge in [0.05, 0.1) is 5.75 Å². The fourth-order valence-electron chi connectivity index (χ4n) is 0.902. The summed E-state index contributed by atoms with van der Waals surface area (Å²) in [4.78, 5) is 0. The second-order valence-electron chi connectivity index (χ2n) is 3.37. The molecule has 0 aromatic heterocycles. The minimum Gasteiger partial charge on any atom is -0.319 e. The largest absolute Gasteiger partial charge is 0.319 e. The number of rotatable bonds is 7. The highest BCUT2D eigenvalue weighted by Crippen LogP contribution is 2.07. The summed E-state index contributed by atoms with van der Waals surface area (Å²) in [6, 6.07) is 0. The summed E-state index contributed by atoms with van der Waals surface area (Å²) in [5.74, 6) is 2.64. The van der Waals surface area contributed by atoms with Gasteiger partial charge in [-0.05, 0) is 25.3 Å². The van der Waals surface area contributed by atoms with Crippen LogP contribution in [0.5, 0.6) is 0 Å². The van der Waals surface area contributed by atoms with Crippen LogP contribution < -0.4 is 5.32 Å². The Bertz CT molecular complexity index is 214. The smallest absolute Gasteiger partial charge is 0.148 e. The van der Waals surface area contributed by atoms with Gasteiger partial charge in [-0.1, -0.05) is 6.92 Å². The third-order valence-corrected chi connectivity index (χ3v) is 4.06. The zero-order valence-corrected chi connectivity index (χ0v) is 10.2. The minimum atomic E-state index is -2.77. The zero-order valence-electron chi connectivity index (χ0n) is 8.54. The van der Waals surface area contributed by atoms with E-state index in [1.54, 1.807) is 11.8 Å². The molecule has 5 heteroatoms. The Kier molecular flexibility index (Phi) is 6.81. The monoisotopic (exact) mass is 225 g/mol. The summed E-state index contributed by atoms with van der Waals surface area (Å²) >= 11 is 1.71. The molecule has 1 N–H and O–H groups in total. The predicted octanol–water partition coefficient (Wildman–Crippen LogP) is 0.620. The van der Waals surface area contributed by atoms with Crippen molar-refractivity contribution < 1.29 is 8.42 Å². The van der Waals surface area contributed by atoms with Gasteiger partial charge in [-0.25, -0.2) is 8.42 Å². The standard InChI is InChI=1S/C8H19NO2S2/c1-8(6-9-2)7-12-4-5-13(3,10)11/h8-9H,4-7H2,1-3H3. The lowest BCUT2D eigenvalue weighted by atomic mass is 10.2. The fraction of sp³-hybridized carbons (Fsp3) is 1.00. The van der Waals surface area contributed by atoms with Gasteiger partial charge in [0.1, 0.15) is 9.84 Å². The number of hydrogen-bond acceptors (Lipinski definition) is 4. The van der Waals surface area contributed by atoms with E-state index in [-0.39, 0.29) is 0 Å². The van der Waals surface area contributed by atoms with Crippen LogP contribution in [0.4, 0.5) is 0 Å². The average molecular weight is 225 g/mol. The minimum absolute atomic E-state index is 0.296. The molecule has 1 atom stereocenters. The van der Waals surface area contributed by atoms with Gasteiger partial charge in [0.25, 0.3) is 0 Å². The van der Waals surface area contributed by atoms with Crippen molar-refractivity contribution in [3.05, 3.63) is 0 Å². The Morgan fingerprint density at radius 1 is 1.46 bits per heavy atom. The van der Waals surface area contributed by atoms with E-state index < -0.39 is 9.84 Å². The first-order chi connectivity index (χ1) is 5.95. The second-order valence-corrected chi connectivity index (χ2v) is 6.78. The van der Waals surface area contributed by atoms with Crippen LogP contribution in [0.3, 0.4) is 0 Å². The van der Waals surface area contributed by atoms with Crippen molar-refractivity contribution in [3.8, 4) is 0 Å². The van der Waals surface area contributed by atoms with E-state index >= 15 is 0 Å². The molecule has 0 aromatic rings. The lowest BCUT2D eigenvalue weighted by Gasteiger charge is -2.09. The molecule has 0 bridgehead atoms. The highest BCUT2D eigenvalue weighted by Gasteiger charge is 2.04. The Hall–Kier alpha value is 0.260. The lowest BCUT2D eigenvalue weighted by molar-refractivity contribution is 0.601. The Morgan fingerprint density at radius 2 is 2.08 bits per heavy atom. The topological polar surface area (TPSA) is 46.2 Å². The van der Waals surface area contributed by atoms with E-state index in [1.165, 1.54) is 6.26 Å². The molecule has 0 spiro atoms. The van der Waals surface area contributed by atoms with Crippen LogP contribution in [0.1, 0.15) is 6.92 Å². The summed E-state index contributed by atoms with van der Waals surface area (Å²) in [5, 5.41) is 3.09. The molecule has 1 unspecified atom stereocenters. The van der Waals surface area contributed by atoms with Gasteiger partial charge >= 0.3 is 0 Å². The first kappa shape index (κ1) is 13.3. The molecule has 0 fully saturated rings. The van der Waals surface area contributed by atoms with Crippen LogP contribution in [0, 0.1) is 5.92 Å². The highest BCUT2D eigenvalue weighted by molar-refractivity contribution is 8.00. The third-order valence-electron chi connectivity index (χ3n) is 1.55. The second kappa shape index (κ2) is 6.68. The van der Waals surface area contributed by atoms with Crippen molar-refractivity contribution in [3.63, 3.8) is 0 Å². The van der Waals surface area contributed by atoms with Crippen molar-refractivity contribution in [2.24, 2.45) is 5.92 Å². The van der Waals surface area contributed by atoms with Crippen molar-refractivity contribution >= 4 is 21.6 Å². The van der Waals surface area contributed by atoms with Crippen LogP contribution in [0.2, 0.25) is 0 Å². The summed E-state index contributed by atoms with van der Waals surface area (Å²) in [5.41, 5.74) is 0. The fourth-order valence-corrected chi connectivity index (χ4v) is 3.27. The van der Waals surface area contributed by atoms with Crippen LogP contribution in [-0.4, -0.2) is 45.5 Å². The molecular weight excluding hydrogens is 206 g/mol. The Morgan fingerprint density at radius 3 is 2.54 bits per heavy atom. The summed E-state index contributed by atoms with van der Waals surface area (Å²) in [6.07, 6.45) is 1.28. The normalized spacial score (nSPS) is 14.4. The molecular formula is C8H19NO2S2. The number of hydrogen-bond donors (Lipinski definition) is 1. The molecule has 80 valence electrons. The van der Waals surface area contributed by atoms with Crippen LogP contribution in [0.25, 0.3) is 0 Å². The van der Waals surface area contributed by atoms with E-state index in [1.807, 2.05) is 7.05 Å². The van der Waals surface area contributed by atoms with Gasteiger partial charge in [0.2, 0.25) is 0 Å². The molecule has 13 heavy (non-hydrogen) atoms. The molecule has 0 heterocycles. The number of nitrogens with one attached hydrogen (secondary N) is 1. The van der Waals surface area contributed by atoms with Gasteiger partial charge in [0, 0.05) is 12.0 Å². The van der Waals surface area contributed by atoms with Crippen LogP contribution in [0.15, 0.2) is 0 Å². The first-order valence-electron chi connectivity index (χ1n) is 4.36. The lowest BCUT2D eigenvalue weighted by Crippen LogP contribution is -2.18. The van der Waals surface area contributed by atoms with E-state index in [9.17, 15) is 8.42 Å². The molecule has 0 aliphatic heterocycles. The molecule has 0 saturated carbocycles. The quantitative estimate of drug-likeness (QED) is 0.645. The molecule has 0 rings (SSSR count). The average Bonchev–Trinajstić information content (AvgIpc) is 1.97. The molecule has 0 amide bonds. The predicted molar refractivity (Wildman–Crippen MR) is 60.1 cm³/mol. The summed E-state index contributed by atoms with van der Waals surface area (Å²) < 4.78 is 21.6. The maximum absolute atomic E-state index is 10.8. The van der Waals surface area contributed by atoms with Gasteiger partial charge in [-0.3, -0.25) is 0 Å². The molecule has 0 aliphatic carbocycles. The van der Waals surface area contributed by atoms with E-state index in [4.69, 9.17) is 0 Å². The van der Waals surface area contributed by atoms with Crippen molar-refractivity contribution in [1.29, 1.82) is 0 Å². The zero-order chi connectivity index (χ0) is 10.3. The maximum Gasteiger partial charge on any atom is 0.148 e. The molecule has 0 aliphatic rings. The first-order valence-corrected chi connectivity index (χ1v) is 7.57. The van der Waals surface area contributed by atoms with Crippen molar-refractivity contribution in [2.75, 3.05) is 37.1 Å². The van der Waals surface area contributed by atoms with E-state index in [0.717, 1.165) is 12.3 Å². The summed E-state index contributed by atoms with van der Waals surface area (Å²) in [7, 11) is -0.843. The Balaban J connectivity index is 3.36. The van der Waals surface area contributed by atoms with Gasteiger partial charge in [-0.2, -0.15) is 11.8 Å². The van der Waals surface area contributed by atoms with E-state index in [0.29, 0.717) is 17.4 Å². The molecule has 0 saturated heterocycles. The Labute approximate surface area is 85.6 Å². The molecule has 3 nitrogen and oxygen atoms in total. The molecule has 0 radical (unpaired) electrons. The highest BCUT2D eigenvalue weighted by atomic mass is 32.2. The molecule has 0 aromatic carbocycles. The van der Waals surface area contributed by atoms with Crippen LogP contribution in [-0.2, 0) is 9.84 Å². The van der Waals surface area contributed by atoms with Crippen LogP contribution >= 0.6 is 11.8 Å². The summed E-state index contributed by atoms with van der Waals surface area (Å²) in [6.45, 7) is 3.15. The third kappa shape index (κ3) is 10.2. The van der Waals surface area contributed by atoms with Gasteiger partial charge in [-0.15, -0.1) is 0 Å². The van der Waals surface area contributed by atoms with Crippen molar-refractivity contribution in [1.82, 2.24) is 5.32 Å². The number of sulfone groups is 1. The van der Waals surface area contributed by atoms with E-state index in [2.05, 4.69) is 12.2 Å². The number of thioether (sulfide) groups is 1. The maximum atomic E-state index is 10.8. The van der Waals surface area contributed by atoms with Gasteiger partial charge in [0.15, 0.2) is 0 Å². The van der Waals surface area contributed by atoms with Crippen molar-refractivity contribution in [2.45, 2.75) is 6.92 Å². The SMILES string of the molecule is CNCC(C)CSCCS(C)(=O)=O. The van der Waals surface area contributed by atoms with Gasteiger partial charge < -0.3 is 5.32 Å².